The van der Waals surface area contributed by atoms with Crippen LogP contribution in [0.3, 0.4) is 0 Å². The quantitative estimate of drug-likeness (QED) is 0.461. The molecule has 20 heavy (non-hydrogen) atoms. The van der Waals surface area contributed by atoms with E-state index >= 15 is 0 Å². The molecule has 0 fully saturated rings. The van der Waals surface area contributed by atoms with E-state index in [9.17, 15) is 14.7 Å². The maximum atomic E-state index is 11.4. The summed E-state index contributed by atoms with van der Waals surface area (Å²) >= 11 is 1.45. The standard InChI is InChI=1S/C12H22N4O3S/c1-4-12(9(17)18,13-5-2)7-6-8-20-11-15-14-10(19)16(11)3/h13H,4-8H2,1-3H3,(H,14,19)(H,17,18). The molecule has 3 N–H and O–H groups in total. The van der Waals surface area contributed by atoms with E-state index in [0.717, 1.165) is 12.2 Å². The zero-order chi connectivity index (χ0) is 15.2. The zero-order valence-electron chi connectivity index (χ0n) is 12.1. The van der Waals surface area contributed by atoms with Gasteiger partial charge in [0.25, 0.3) is 0 Å². The summed E-state index contributed by atoms with van der Waals surface area (Å²) in [6.45, 7) is 4.41. The van der Waals surface area contributed by atoms with Crippen LogP contribution in [0.1, 0.15) is 33.1 Å². The average molecular weight is 302 g/mol. The first-order valence-corrected chi connectivity index (χ1v) is 7.68. The fraction of sp³-hybridized carbons (Fsp3) is 0.750. The van der Waals surface area contributed by atoms with Crippen LogP contribution in [0.15, 0.2) is 9.95 Å². The lowest BCUT2D eigenvalue weighted by Gasteiger charge is -2.29. The van der Waals surface area contributed by atoms with Crippen molar-refractivity contribution in [3.63, 3.8) is 0 Å². The van der Waals surface area contributed by atoms with Gasteiger partial charge >= 0.3 is 11.7 Å². The van der Waals surface area contributed by atoms with Crippen molar-refractivity contribution in [1.82, 2.24) is 20.1 Å². The Morgan fingerprint density at radius 3 is 2.70 bits per heavy atom. The van der Waals surface area contributed by atoms with Gasteiger partial charge in [-0.25, -0.2) is 9.89 Å². The van der Waals surface area contributed by atoms with E-state index in [1.807, 2.05) is 13.8 Å². The molecule has 7 nitrogen and oxygen atoms in total. The van der Waals surface area contributed by atoms with Gasteiger partial charge in [-0.05, 0) is 25.8 Å². The van der Waals surface area contributed by atoms with E-state index in [0.29, 0.717) is 24.5 Å². The average Bonchev–Trinajstić information content (AvgIpc) is 2.73. The number of nitrogens with one attached hydrogen (secondary N) is 2. The number of likely N-dealkylation sites (N-methyl/N-ethyl adjacent to an activating group) is 1. The van der Waals surface area contributed by atoms with Crippen LogP contribution in [0.5, 0.6) is 0 Å². The number of hydrogen-bond acceptors (Lipinski definition) is 5. The Morgan fingerprint density at radius 1 is 1.55 bits per heavy atom. The van der Waals surface area contributed by atoms with Crippen molar-refractivity contribution >= 4 is 17.7 Å². The molecule has 1 aromatic rings. The number of thioether (sulfide) groups is 1. The van der Waals surface area contributed by atoms with Gasteiger partial charge in [0, 0.05) is 12.8 Å². The lowest BCUT2D eigenvalue weighted by atomic mass is 9.91. The molecule has 0 aliphatic rings. The van der Waals surface area contributed by atoms with Crippen molar-refractivity contribution in [3.05, 3.63) is 10.5 Å². The lowest BCUT2D eigenvalue weighted by Crippen LogP contribution is -2.51. The number of rotatable bonds is 9. The highest BCUT2D eigenvalue weighted by Gasteiger charge is 2.34. The molecule has 0 aliphatic carbocycles. The van der Waals surface area contributed by atoms with Gasteiger partial charge in [-0.3, -0.25) is 9.36 Å². The molecule has 0 aromatic carbocycles. The molecule has 0 spiro atoms. The van der Waals surface area contributed by atoms with E-state index in [2.05, 4.69) is 15.5 Å². The second-order valence-corrected chi connectivity index (χ2v) is 5.66. The molecule has 0 radical (unpaired) electrons. The molecule has 0 amide bonds. The number of carbonyl (C=O) groups is 1. The van der Waals surface area contributed by atoms with Gasteiger partial charge in [0.1, 0.15) is 5.54 Å². The summed E-state index contributed by atoms with van der Waals surface area (Å²) in [6, 6.07) is 0. The zero-order valence-corrected chi connectivity index (χ0v) is 12.9. The number of aromatic amines is 1. The number of aliphatic carboxylic acids is 1. The highest BCUT2D eigenvalue weighted by atomic mass is 32.2. The molecule has 8 heteroatoms. The van der Waals surface area contributed by atoms with E-state index in [4.69, 9.17) is 0 Å². The predicted octanol–water partition coefficient (Wildman–Crippen LogP) is 0.824. The summed E-state index contributed by atoms with van der Waals surface area (Å²) in [7, 11) is 1.65. The van der Waals surface area contributed by atoms with Crippen LogP contribution in [0.4, 0.5) is 0 Å². The van der Waals surface area contributed by atoms with Crippen LogP contribution in [0.2, 0.25) is 0 Å². The normalized spacial score (nSPS) is 14.2. The summed E-state index contributed by atoms with van der Waals surface area (Å²) in [5.41, 5.74) is -1.10. The number of hydrogen-bond donors (Lipinski definition) is 3. The largest absolute Gasteiger partial charge is 0.480 e. The first-order chi connectivity index (χ1) is 9.46. The van der Waals surface area contributed by atoms with Crippen molar-refractivity contribution in [2.75, 3.05) is 12.3 Å². The molecular weight excluding hydrogens is 280 g/mol. The summed E-state index contributed by atoms with van der Waals surface area (Å²) in [5.74, 6) is -0.0857. The Balaban J connectivity index is 2.51. The first kappa shape index (κ1) is 16.8. The molecule has 1 aromatic heterocycles. The number of carboxylic acid groups (broad SMARTS) is 1. The van der Waals surface area contributed by atoms with Gasteiger partial charge in [-0.1, -0.05) is 25.6 Å². The van der Waals surface area contributed by atoms with Gasteiger partial charge in [0.15, 0.2) is 5.16 Å². The van der Waals surface area contributed by atoms with E-state index in [-0.39, 0.29) is 5.69 Å². The highest BCUT2D eigenvalue weighted by molar-refractivity contribution is 7.99. The molecule has 114 valence electrons. The second kappa shape index (κ2) is 7.49. The van der Waals surface area contributed by atoms with Crippen molar-refractivity contribution in [2.24, 2.45) is 7.05 Å². The molecule has 1 heterocycles. The molecule has 1 unspecified atom stereocenters. The number of carboxylic acids is 1. The smallest absolute Gasteiger partial charge is 0.343 e. The Morgan fingerprint density at radius 2 is 2.25 bits per heavy atom. The van der Waals surface area contributed by atoms with Gasteiger partial charge in [-0.2, -0.15) is 0 Å². The van der Waals surface area contributed by atoms with Gasteiger partial charge in [0.05, 0.1) is 0 Å². The molecule has 0 saturated carbocycles. The van der Waals surface area contributed by atoms with Crippen molar-refractivity contribution in [3.8, 4) is 0 Å². The van der Waals surface area contributed by atoms with Crippen LogP contribution >= 0.6 is 11.8 Å². The topological polar surface area (TPSA) is 100 Å². The van der Waals surface area contributed by atoms with Crippen molar-refractivity contribution in [2.45, 2.75) is 43.8 Å². The summed E-state index contributed by atoms with van der Waals surface area (Å²) in [4.78, 5) is 22.6. The highest BCUT2D eigenvalue weighted by Crippen LogP contribution is 2.21. The Labute approximate surface area is 122 Å². The molecule has 0 bridgehead atoms. The maximum absolute atomic E-state index is 11.4. The van der Waals surface area contributed by atoms with Crippen LogP contribution in [-0.2, 0) is 11.8 Å². The van der Waals surface area contributed by atoms with Crippen LogP contribution in [0, 0.1) is 0 Å². The lowest BCUT2D eigenvalue weighted by molar-refractivity contribution is -0.145. The van der Waals surface area contributed by atoms with Crippen molar-refractivity contribution in [1.29, 1.82) is 0 Å². The number of H-pyrrole nitrogens is 1. The molecule has 0 aliphatic heterocycles. The summed E-state index contributed by atoms with van der Waals surface area (Å²) < 4.78 is 1.44. The van der Waals surface area contributed by atoms with Crippen LogP contribution in [0.25, 0.3) is 0 Å². The fourth-order valence-electron chi connectivity index (χ4n) is 2.06. The van der Waals surface area contributed by atoms with Crippen LogP contribution < -0.4 is 11.0 Å². The summed E-state index contributed by atoms with van der Waals surface area (Å²) in [5, 5.41) is 19.4. The molecule has 1 rings (SSSR count). The van der Waals surface area contributed by atoms with Crippen LogP contribution in [-0.4, -0.2) is 43.7 Å². The van der Waals surface area contributed by atoms with E-state index < -0.39 is 11.5 Å². The van der Waals surface area contributed by atoms with Gasteiger partial charge in [-0.15, -0.1) is 5.10 Å². The third-order valence-corrected chi connectivity index (χ3v) is 4.46. The third-order valence-electron chi connectivity index (χ3n) is 3.35. The van der Waals surface area contributed by atoms with E-state index in [1.54, 1.807) is 7.05 Å². The minimum Gasteiger partial charge on any atom is -0.480 e. The van der Waals surface area contributed by atoms with Gasteiger partial charge in [0.2, 0.25) is 0 Å². The second-order valence-electron chi connectivity index (χ2n) is 4.59. The molecule has 0 saturated heterocycles. The number of aromatic nitrogens is 3. The first-order valence-electron chi connectivity index (χ1n) is 6.69. The monoisotopic (exact) mass is 302 g/mol. The summed E-state index contributed by atoms with van der Waals surface area (Å²) in [6.07, 6.45) is 1.83. The molecule has 1 atom stereocenters. The Bertz CT molecular complexity index is 499. The minimum absolute atomic E-state index is 0.242. The maximum Gasteiger partial charge on any atom is 0.343 e. The van der Waals surface area contributed by atoms with E-state index in [1.165, 1.54) is 16.3 Å². The number of nitrogens with zero attached hydrogens (tertiary/aromatic N) is 2. The predicted molar refractivity (Wildman–Crippen MR) is 78.1 cm³/mol. The molecular formula is C12H22N4O3S. The third kappa shape index (κ3) is 3.86. The fourth-order valence-corrected chi connectivity index (χ4v) is 2.92. The van der Waals surface area contributed by atoms with Gasteiger partial charge < -0.3 is 10.4 Å². The Kier molecular flexibility index (Phi) is 6.28. The van der Waals surface area contributed by atoms with Crippen molar-refractivity contribution < 1.29 is 9.90 Å². The SMILES string of the molecule is CCNC(CC)(CCCSc1n[nH]c(=O)n1C)C(=O)O. The Hall–Kier alpha value is -1.28. The minimum atomic E-state index is -0.854.